The van der Waals surface area contributed by atoms with E-state index in [0.29, 0.717) is 13.0 Å². The Hall–Kier alpha value is -3.10. The molecule has 35 heavy (non-hydrogen) atoms. The first-order valence-electron chi connectivity index (χ1n) is 12.0. The van der Waals surface area contributed by atoms with Crippen molar-refractivity contribution in [2.45, 2.75) is 65.4 Å². The lowest BCUT2D eigenvalue weighted by molar-refractivity contribution is 0.0257. The van der Waals surface area contributed by atoms with E-state index in [9.17, 15) is 14.7 Å². The van der Waals surface area contributed by atoms with Crippen LogP contribution in [0.3, 0.4) is 0 Å². The second-order valence-corrected chi connectivity index (χ2v) is 9.98. The molecule has 2 amide bonds. The first kappa shape index (κ1) is 28.1. The number of aliphatic hydroxyl groups excluding tert-OH is 1. The number of alkyl carbamates (subject to hydrolysis) is 1. The first-order chi connectivity index (χ1) is 16.5. The van der Waals surface area contributed by atoms with Crippen molar-refractivity contribution in [2.24, 2.45) is 5.92 Å². The Morgan fingerprint density at radius 3 is 2.03 bits per heavy atom. The third kappa shape index (κ3) is 11.7. The maximum atomic E-state index is 12.5. The van der Waals surface area contributed by atoms with Crippen LogP contribution in [0.5, 0.6) is 0 Å². The summed E-state index contributed by atoms with van der Waals surface area (Å²) in [5, 5.41) is 15.5. The van der Waals surface area contributed by atoms with Crippen molar-refractivity contribution in [3.05, 3.63) is 71.8 Å². The molecule has 2 aromatic carbocycles. The van der Waals surface area contributed by atoms with Crippen LogP contribution in [-0.4, -0.2) is 53.1 Å². The highest BCUT2D eigenvalue weighted by molar-refractivity contribution is 5.68. The number of ether oxygens (including phenoxy) is 2. The van der Waals surface area contributed by atoms with Gasteiger partial charge in [0.15, 0.2) is 0 Å². The van der Waals surface area contributed by atoms with Crippen LogP contribution in [-0.2, 0) is 22.5 Å². The third-order valence-corrected chi connectivity index (χ3v) is 4.92. The number of rotatable bonds is 11. The van der Waals surface area contributed by atoms with Crippen molar-refractivity contribution >= 4 is 12.2 Å². The monoisotopic (exact) mass is 485 g/mol. The molecule has 0 radical (unpaired) electrons. The molecule has 3 N–H and O–H groups in total. The van der Waals surface area contributed by atoms with Gasteiger partial charge in [0, 0.05) is 13.1 Å². The highest BCUT2D eigenvalue weighted by Crippen LogP contribution is 2.12. The number of aliphatic hydroxyl groups is 1. The van der Waals surface area contributed by atoms with Crippen LogP contribution in [0.15, 0.2) is 60.7 Å². The molecule has 8 heteroatoms. The highest BCUT2D eigenvalue weighted by atomic mass is 16.6. The quantitative estimate of drug-likeness (QED) is 0.411. The molecule has 0 aliphatic carbocycles. The molecule has 0 saturated carbocycles. The second-order valence-electron chi connectivity index (χ2n) is 9.98. The van der Waals surface area contributed by atoms with E-state index in [1.54, 1.807) is 25.8 Å². The van der Waals surface area contributed by atoms with Crippen molar-refractivity contribution in [1.82, 2.24) is 15.8 Å². The zero-order chi connectivity index (χ0) is 25.8. The summed E-state index contributed by atoms with van der Waals surface area (Å²) in [5.74, 6) is 0.211. The van der Waals surface area contributed by atoms with E-state index in [2.05, 4.69) is 10.7 Å². The van der Waals surface area contributed by atoms with Crippen molar-refractivity contribution in [2.75, 3.05) is 13.1 Å². The van der Waals surface area contributed by atoms with Gasteiger partial charge in [0.2, 0.25) is 0 Å². The number of benzene rings is 2. The molecular weight excluding hydrogens is 446 g/mol. The number of hydrogen-bond acceptors (Lipinski definition) is 6. The number of hydrogen-bond donors (Lipinski definition) is 3. The van der Waals surface area contributed by atoms with Gasteiger partial charge < -0.3 is 19.9 Å². The summed E-state index contributed by atoms with van der Waals surface area (Å²) in [6.45, 7) is 10.1. The van der Waals surface area contributed by atoms with Gasteiger partial charge in [-0.05, 0) is 44.2 Å². The minimum atomic E-state index is -0.990. The van der Waals surface area contributed by atoms with E-state index < -0.39 is 29.9 Å². The summed E-state index contributed by atoms with van der Waals surface area (Å²) >= 11 is 0. The van der Waals surface area contributed by atoms with E-state index in [1.165, 1.54) is 0 Å². The maximum absolute atomic E-state index is 12.5. The maximum Gasteiger partial charge on any atom is 0.422 e. The Kier molecular flexibility index (Phi) is 11.0. The second kappa shape index (κ2) is 13.7. The van der Waals surface area contributed by atoms with Crippen LogP contribution in [0, 0.1) is 5.92 Å². The fraction of sp³-hybridized carbons (Fsp3) is 0.481. The van der Waals surface area contributed by atoms with E-state index >= 15 is 0 Å². The van der Waals surface area contributed by atoms with Gasteiger partial charge in [-0.25, -0.2) is 14.6 Å². The van der Waals surface area contributed by atoms with Gasteiger partial charge in [-0.3, -0.25) is 5.43 Å². The topological polar surface area (TPSA) is 100 Å². The fourth-order valence-corrected chi connectivity index (χ4v) is 3.45. The Morgan fingerprint density at radius 1 is 0.914 bits per heavy atom. The Labute approximate surface area is 208 Å². The number of carbonyl (C=O) groups is 2. The average Bonchev–Trinajstić information content (AvgIpc) is 2.77. The molecule has 0 fully saturated rings. The molecule has 0 spiro atoms. The van der Waals surface area contributed by atoms with Crippen molar-refractivity contribution in [3.8, 4) is 0 Å². The molecular formula is C27H39N3O5. The van der Waals surface area contributed by atoms with Crippen LogP contribution < -0.4 is 10.7 Å². The molecule has 0 heterocycles. The predicted molar refractivity (Wildman–Crippen MR) is 135 cm³/mol. The predicted octanol–water partition coefficient (Wildman–Crippen LogP) is 4.28. The number of carbonyl (C=O) groups excluding carboxylic acids is 2. The van der Waals surface area contributed by atoms with Gasteiger partial charge in [-0.1, -0.05) is 74.5 Å². The number of nitrogens with zero attached hydrogens (tertiary/aromatic N) is 1. The molecule has 2 rings (SSSR count). The van der Waals surface area contributed by atoms with Gasteiger partial charge in [-0.2, -0.15) is 0 Å². The van der Waals surface area contributed by atoms with Crippen molar-refractivity contribution in [3.63, 3.8) is 0 Å². The zero-order valence-electron chi connectivity index (χ0n) is 21.4. The molecule has 192 valence electrons. The number of hydrazine groups is 1. The normalized spacial score (nSPS) is 13.3. The summed E-state index contributed by atoms with van der Waals surface area (Å²) in [4.78, 5) is 24.9. The van der Waals surface area contributed by atoms with E-state index in [4.69, 9.17) is 9.47 Å². The number of amides is 2. The summed E-state index contributed by atoms with van der Waals surface area (Å²) < 4.78 is 10.7. The molecule has 2 aromatic rings. The molecule has 2 atom stereocenters. The van der Waals surface area contributed by atoms with Gasteiger partial charge >= 0.3 is 12.2 Å². The summed E-state index contributed by atoms with van der Waals surface area (Å²) in [5.41, 5.74) is 3.90. The zero-order valence-corrected chi connectivity index (χ0v) is 21.4. The van der Waals surface area contributed by atoms with Gasteiger partial charge in [-0.15, -0.1) is 0 Å². The molecule has 0 saturated heterocycles. The minimum Gasteiger partial charge on any atom is -0.444 e. The lowest BCUT2D eigenvalue weighted by atomic mass is 10.0. The Bertz CT molecular complexity index is 900. The van der Waals surface area contributed by atoms with E-state index in [1.807, 2.05) is 74.5 Å². The SMILES string of the molecule is CC(C)CN(C[C@H](O)[C@H](Cc1ccccc1)NC(=O)OC(C)(C)C)NC(=O)OCc1ccccc1. The molecule has 0 aromatic heterocycles. The van der Waals surface area contributed by atoms with Gasteiger partial charge in [0.1, 0.15) is 12.2 Å². The molecule has 0 bridgehead atoms. The lowest BCUT2D eigenvalue weighted by Gasteiger charge is -2.31. The highest BCUT2D eigenvalue weighted by Gasteiger charge is 2.27. The van der Waals surface area contributed by atoms with Crippen LogP contribution in [0.2, 0.25) is 0 Å². The van der Waals surface area contributed by atoms with Crippen molar-refractivity contribution < 1.29 is 24.2 Å². The molecule has 0 unspecified atom stereocenters. The van der Waals surface area contributed by atoms with E-state index in [-0.39, 0.29) is 19.1 Å². The van der Waals surface area contributed by atoms with Crippen molar-refractivity contribution in [1.29, 1.82) is 0 Å². The molecule has 8 nitrogen and oxygen atoms in total. The first-order valence-corrected chi connectivity index (χ1v) is 12.0. The lowest BCUT2D eigenvalue weighted by Crippen LogP contribution is -2.54. The Balaban J connectivity index is 2.06. The fourth-order valence-electron chi connectivity index (χ4n) is 3.45. The van der Waals surface area contributed by atoms with Gasteiger partial charge in [0.25, 0.3) is 0 Å². The van der Waals surface area contributed by atoms with Crippen LogP contribution in [0.1, 0.15) is 45.7 Å². The molecule has 0 aliphatic heterocycles. The standard InChI is InChI=1S/C27H39N3O5/c1-20(2)17-30(29-26(33)34-19-22-14-10-7-11-15-22)18-24(31)23(16-21-12-8-6-9-13-21)28-25(32)35-27(3,4)5/h6-15,20,23-24,31H,16-19H2,1-5H3,(H,28,32)(H,29,33)/t23-,24-/m0/s1. The van der Waals surface area contributed by atoms with Crippen LogP contribution in [0.25, 0.3) is 0 Å². The summed E-state index contributed by atoms with van der Waals surface area (Å²) in [6.07, 6.45) is -1.81. The van der Waals surface area contributed by atoms with Crippen LogP contribution in [0.4, 0.5) is 9.59 Å². The van der Waals surface area contributed by atoms with Crippen LogP contribution >= 0.6 is 0 Å². The smallest absolute Gasteiger partial charge is 0.422 e. The molecule has 0 aliphatic rings. The average molecular weight is 486 g/mol. The number of nitrogens with one attached hydrogen (secondary N) is 2. The van der Waals surface area contributed by atoms with E-state index in [0.717, 1.165) is 11.1 Å². The Morgan fingerprint density at radius 2 is 1.49 bits per heavy atom. The minimum absolute atomic E-state index is 0.0892. The summed E-state index contributed by atoms with van der Waals surface area (Å²) in [6, 6.07) is 18.3. The summed E-state index contributed by atoms with van der Waals surface area (Å²) in [7, 11) is 0. The third-order valence-electron chi connectivity index (χ3n) is 4.92. The van der Waals surface area contributed by atoms with Gasteiger partial charge in [0.05, 0.1) is 12.1 Å². The largest absolute Gasteiger partial charge is 0.444 e.